The zero-order chi connectivity index (χ0) is 15.5. The van der Waals surface area contributed by atoms with Crippen LogP contribution in [0, 0.1) is 5.92 Å². The molecule has 1 heterocycles. The average molecular weight is 313 g/mol. The standard InChI is InChI=1S/C19H23NOS/c1-3-13-6-5-7-16(11-13)20-19(21)18-12-15-10-14(4-2)8-9-17(15)22-18/h5-7,11-12,14H,3-4,8-10H2,1-2H3,(H,20,21)/t14-/m0/s1. The summed E-state index contributed by atoms with van der Waals surface area (Å²) in [6.45, 7) is 4.38. The van der Waals surface area contributed by atoms with Crippen molar-refractivity contribution in [2.75, 3.05) is 5.32 Å². The van der Waals surface area contributed by atoms with Crippen LogP contribution < -0.4 is 5.32 Å². The highest BCUT2D eigenvalue weighted by atomic mass is 32.1. The molecule has 1 atom stereocenters. The molecule has 3 rings (SSSR count). The van der Waals surface area contributed by atoms with Crippen LogP contribution in [0.2, 0.25) is 0 Å². The number of benzene rings is 1. The van der Waals surface area contributed by atoms with Crippen molar-refractivity contribution < 1.29 is 4.79 Å². The molecule has 2 nitrogen and oxygen atoms in total. The van der Waals surface area contributed by atoms with E-state index in [-0.39, 0.29) is 5.91 Å². The number of hydrogen-bond acceptors (Lipinski definition) is 2. The Bertz CT molecular complexity index is 674. The summed E-state index contributed by atoms with van der Waals surface area (Å²) in [5.41, 5.74) is 3.53. The van der Waals surface area contributed by atoms with E-state index in [9.17, 15) is 4.79 Å². The predicted octanol–water partition coefficient (Wildman–Crippen LogP) is 5.08. The Morgan fingerprint density at radius 2 is 2.18 bits per heavy atom. The van der Waals surface area contributed by atoms with Gasteiger partial charge in [-0.25, -0.2) is 0 Å². The first-order chi connectivity index (χ1) is 10.7. The van der Waals surface area contributed by atoms with E-state index in [1.54, 1.807) is 11.3 Å². The van der Waals surface area contributed by atoms with Crippen molar-refractivity contribution in [3.05, 3.63) is 51.2 Å². The van der Waals surface area contributed by atoms with Crippen molar-refractivity contribution >= 4 is 22.9 Å². The summed E-state index contributed by atoms with van der Waals surface area (Å²) in [5, 5.41) is 3.04. The Labute approximate surface area is 136 Å². The monoisotopic (exact) mass is 313 g/mol. The van der Waals surface area contributed by atoms with Crippen LogP contribution in [0.1, 0.15) is 52.4 Å². The van der Waals surface area contributed by atoms with Crippen LogP contribution in [0.3, 0.4) is 0 Å². The van der Waals surface area contributed by atoms with Crippen LogP contribution in [0.5, 0.6) is 0 Å². The third-order valence-electron chi connectivity index (χ3n) is 4.58. The quantitative estimate of drug-likeness (QED) is 0.838. The zero-order valence-electron chi connectivity index (χ0n) is 13.3. The number of nitrogens with one attached hydrogen (secondary N) is 1. The Hall–Kier alpha value is -1.61. The van der Waals surface area contributed by atoms with Gasteiger partial charge in [0.15, 0.2) is 0 Å². The molecule has 0 saturated carbocycles. The van der Waals surface area contributed by atoms with Crippen molar-refractivity contribution in [3.8, 4) is 0 Å². The fraction of sp³-hybridized carbons (Fsp3) is 0.421. The van der Waals surface area contributed by atoms with Crippen molar-refractivity contribution in [2.45, 2.75) is 46.0 Å². The normalized spacial score (nSPS) is 17.1. The number of aryl methyl sites for hydroxylation is 2. The molecule has 0 radical (unpaired) electrons. The molecule has 116 valence electrons. The molecule has 0 bridgehead atoms. The SMILES string of the molecule is CCc1cccc(NC(=O)c2cc3c(s2)CC[C@H](CC)C3)c1. The van der Waals surface area contributed by atoms with Gasteiger partial charge in [-0.15, -0.1) is 11.3 Å². The molecule has 1 aromatic heterocycles. The molecule has 1 aromatic carbocycles. The number of rotatable bonds is 4. The van der Waals surface area contributed by atoms with E-state index in [4.69, 9.17) is 0 Å². The van der Waals surface area contributed by atoms with Gasteiger partial charge in [-0.1, -0.05) is 32.4 Å². The van der Waals surface area contributed by atoms with Gasteiger partial charge in [0, 0.05) is 10.6 Å². The number of carbonyl (C=O) groups excluding carboxylic acids is 1. The molecule has 2 aromatic rings. The molecule has 1 aliphatic rings. The van der Waals surface area contributed by atoms with Crippen molar-refractivity contribution in [1.29, 1.82) is 0 Å². The van der Waals surface area contributed by atoms with E-state index in [1.165, 1.54) is 28.8 Å². The predicted molar refractivity (Wildman–Crippen MR) is 93.9 cm³/mol. The second-order valence-corrected chi connectivity index (χ2v) is 7.22. The van der Waals surface area contributed by atoms with E-state index in [0.29, 0.717) is 0 Å². The first kappa shape index (κ1) is 15.3. The van der Waals surface area contributed by atoms with Crippen LogP contribution in [0.15, 0.2) is 30.3 Å². The highest BCUT2D eigenvalue weighted by molar-refractivity contribution is 7.14. The molecular weight excluding hydrogens is 290 g/mol. The molecule has 0 aliphatic heterocycles. The molecular formula is C19H23NOS. The number of thiophene rings is 1. The van der Waals surface area contributed by atoms with E-state index >= 15 is 0 Å². The van der Waals surface area contributed by atoms with Gasteiger partial charge < -0.3 is 5.32 Å². The maximum atomic E-state index is 12.5. The maximum Gasteiger partial charge on any atom is 0.265 e. The summed E-state index contributed by atoms with van der Waals surface area (Å²) in [4.78, 5) is 14.7. The molecule has 3 heteroatoms. The highest BCUT2D eigenvalue weighted by Crippen LogP contribution is 2.33. The molecule has 22 heavy (non-hydrogen) atoms. The summed E-state index contributed by atoms with van der Waals surface area (Å²) in [6.07, 6.45) is 5.76. The topological polar surface area (TPSA) is 29.1 Å². The lowest BCUT2D eigenvalue weighted by Crippen LogP contribution is -2.11. The first-order valence-corrected chi connectivity index (χ1v) is 9.03. The third kappa shape index (κ3) is 3.25. The second kappa shape index (κ2) is 6.66. The van der Waals surface area contributed by atoms with Gasteiger partial charge >= 0.3 is 0 Å². The number of amides is 1. The summed E-state index contributed by atoms with van der Waals surface area (Å²) in [6, 6.07) is 10.2. The van der Waals surface area contributed by atoms with Gasteiger partial charge in [0.2, 0.25) is 0 Å². The molecule has 1 aliphatic carbocycles. The summed E-state index contributed by atoms with van der Waals surface area (Å²) in [7, 11) is 0. The number of anilines is 1. The van der Waals surface area contributed by atoms with Gasteiger partial charge in [-0.05, 0) is 60.9 Å². The first-order valence-electron chi connectivity index (χ1n) is 8.21. The summed E-state index contributed by atoms with van der Waals surface area (Å²) < 4.78 is 0. The van der Waals surface area contributed by atoms with Gasteiger partial charge in [-0.2, -0.15) is 0 Å². The maximum absolute atomic E-state index is 12.5. The molecule has 1 N–H and O–H groups in total. The minimum atomic E-state index is 0.0284. The Balaban J connectivity index is 1.74. The number of fused-ring (bicyclic) bond motifs is 1. The lowest BCUT2D eigenvalue weighted by atomic mass is 9.87. The van der Waals surface area contributed by atoms with E-state index in [1.807, 2.05) is 12.1 Å². The molecule has 0 spiro atoms. The lowest BCUT2D eigenvalue weighted by molar-refractivity contribution is 0.103. The Morgan fingerprint density at radius 1 is 1.32 bits per heavy atom. The summed E-state index contributed by atoms with van der Waals surface area (Å²) >= 11 is 1.67. The lowest BCUT2D eigenvalue weighted by Gasteiger charge is -2.19. The van der Waals surface area contributed by atoms with Gasteiger partial charge in [-0.3, -0.25) is 4.79 Å². The fourth-order valence-corrected chi connectivity index (χ4v) is 4.22. The highest BCUT2D eigenvalue weighted by Gasteiger charge is 2.22. The van der Waals surface area contributed by atoms with Crippen LogP contribution in [0.25, 0.3) is 0 Å². The van der Waals surface area contributed by atoms with E-state index in [0.717, 1.165) is 35.7 Å². The minimum absolute atomic E-state index is 0.0284. The molecule has 0 unspecified atom stereocenters. The minimum Gasteiger partial charge on any atom is -0.321 e. The average Bonchev–Trinajstić information content (AvgIpc) is 2.98. The van der Waals surface area contributed by atoms with Crippen LogP contribution in [0.4, 0.5) is 5.69 Å². The van der Waals surface area contributed by atoms with E-state index < -0.39 is 0 Å². The van der Waals surface area contributed by atoms with Crippen molar-refractivity contribution in [1.82, 2.24) is 0 Å². The second-order valence-electron chi connectivity index (χ2n) is 6.08. The van der Waals surface area contributed by atoms with Crippen molar-refractivity contribution in [2.24, 2.45) is 5.92 Å². The fourth-order valence-electron chi connectivity index (χ4n) is 3.12. The third-order valence-corrected chi connectivity index (χ3v) is 5.81. The van der Waals surface area contributed by atoms with Crippen LogP contribution in [-0.2, 0) is 19.3 Å². The molecule has 0 saturated heterocycles. The van der Waals surface area contributed by atoms with Crippen LogP contribution in [-0.4, -0.2) is 5.91 Å². The zero-order valence-corrected chi connectivity index (χ0v) is 14.1. The van der Waals surface area contributed by atoms with Gasteiger partial charge in [0.25, 0.3) is 5.91 Å². The van der Waals surface area contributed by atoms with Gasteiger partial charge in [0.05, 0.1) is 4.88 Å². The molecule has 1 amide bonds. The Kier molecular flexibility index (Phi) is 4.63. The van der Waals surface area contributed by atoms with Gasteiger partial charge in [0.1, 0.15) is 0 Å². The van der Waals surface area contributed by atoms with E-state index in [2.05, 4.69) is 37.4 Å². The number of hydrogen-bond donors (Lipinski definition) is 1. The van der Waals surface area contributed by atoms with Crippen LogP contribution >= 0.6 is 11.3 Å². The molecule has 0 fully saturated rings. The van der Waals surface area contributed by atoms with Crippen molar-refractivity contribution in [3.63, 3.8) is 0 Å². The largest absolute Gasteiger partial charge is 0.321 e. The summed E-state index contributed by atoms with van der Waals surface area (Å²) in [5.74, 6) is 0.819. The number of carbonyl (C=O) groups is 1. The smallest absolute Gasteiger partial charge is 0.265 e. The Morgan fingerprint density at radius 3 is 2.95 bits per heavy atom.